The third-order valence-corrected chi connectivity index (χ3v) is 4.93. The van der Waals surface area contributed by atoms with Crippen LogP contribution >= 0.6 is 0 Å². The number of methoxy groups -OCH3 is 1. The maximum absolute atomic E-state index is 12.7. The van der Waals surface area contributed by atoms with Crippen LogP contribution < -0.4 is 4.72 Å². The Morgan fingerprint density at radius 1 is 1.08 bits per heavy atom. The van der Waals surface area contributed by atoms with Crippen molar-refractivity contribution in [3.63, 3.8) is 0 Å². The number of sulfonamides is 1. The van der Waals surface area contributed by atoms with Gasteiger partial charge in [-0.3, -0.25) is 0 Å². The van der Waals surface area contributed by atoms with E-state index < -0.39 is 22.0 Å². The van der Waals surface area contributed by atoms with E-state index in [0.29, 0.717) is 5.56 Å². The van der Waals surface area contributed by atoms with E-state index >= 15 is 0 Å². The molecule has 0 aliphatic heterocycles. The molecule has 1 N–H and O–H groups in total. The number of hydrogen-bond acceptors (Lipinski definition) is 4. The summed E-state index contributed by atoms with van der Waals surface area (Å²) in [5.41, 5.74) is 0.753. The molecule has 0 saturated carbocycles. The average molecular weight is 357 g/mol. The van der Waals surface area contributed by atoms with E-state index in [-0.39, 0.29) is 10.5 Å². The molecule has 0 aromatic heterocycles. The predicted molar refractivity (Wildman–Crippen MR) is 96.2 cm³/mol. The second-order valence-corrected chi connectivity index (χ2v) is 6.84. The van der Waals surface area contributed by atoms with Gasteiger partial charge < -0.3 is 4.74 Å². The lowest BCUT2D eigenvalue weighted by molar-refractivity contribution is -0.136. The molecule has 1 unspecified atom stereocenters. The Hall–Kier alpha value is -2.70. The Morgan fingerprint density at radius 3 is 2.16 bits per heavy atom. The Labute approximate surface area is 147 Å². The second-order valence-electron chi connectivity index (χ2n) is 5.13. The first-order valence-corrected chi connectivity index (χ1v) is 9.01. The van der Waals surface area contributed by atoms with E-state index in [2.05, 4.69) is 11.3 Å². The Kier molecular flexibility index (Phi) is 6.27. The number of ether oxygens (including phenoxy) is 1. The monoisotopic (exact) mass is 357 g/mol. The molecule has 2 aromatic rings. The summed E-state index contributed by atoms with van der Waals surface area (Å²) in [5, 5.41) is 0. The van der Waals surface area contributed by atoms with Gasteiger partial charge in [-0.25, -0.2) is 13.2 Å². The number of esters is 1. The first-order chi connectivity index (χ1) is 12.0. The van der Waals surface area contributed by atoms with Crippen LogP contribution in [0.1, 0.15) is 11.6 Å². The van der Waals surface area contributed by atoms with Crippen molar-refractivity contribution in [2.45, 2.75) is 10.9 Å². The fraction of sp³-hybridized carbons (Fsp3) is 0.105. The summed E-state index contributed by atoms with van der Waals surface area (Å²) in [6.45, 7) is 3.59. The maximum atomic E-state index is 12.7. The van der Waals surface area contributed by atoms with Crippen LogP contribution in [0.25, 0.3) is 0 Å². The van der Waals surface area contributed by atoms with Crippen LogP contribution in [0.4, 0.5) is 0 Å². The zero-order valence-electron chi connectivity index (χ0n) is 13.8. The van der Waals surface area contributed by atoms with Crippen LogP contribution in [-0.2, 0) is 19.6 Å². The molecule has 0 aliphatic carbocycles. The molecule has 0 heterocycles. The SMILES string of the molecule is C=C/C=C(\C(=O)OC)C(NS(=O)(=O)c1ccccc1)c1ccccc1. The lowest BCUT2D eigenvalue weighted by atomic mass is 9.99. The van der Waals surface area contributed by atoms with Gasteiger partial charge in [-0.05, 0) is 17.7 Å². The molecule has 5 nitrogen and oxygen atoms in total. The molecule has 0 bridgehead atoms. The first kappa shape index (κ1) is 18.6. The van der Waals surface area contributed by atoms with E-state index in [4.69, 9.17) is 4.74 Å². The highest BCUT2D eigenvalue weighted by Crippen LogP contribution is 2.25. The smallest absolute Gasteiger partial charge is 0.335 e. The lowest BCUT2D eigenvalue weighted by Gasteiger charge is -2.21. The van der Waals surface area contributed by atoms with Gasteiger partial charge in [0.25, 0.3) is 0 Å². The minimum absolute atomic E-state index is 0.110. The second kappa shape index (κ2) is 8.41. The predicted octanol–water partition coefficient (Wildman–Crippen LogP) is 2.99. The number of carbonyl (C=O) groups excluding carboxylic acids is 1. The summed E-state index contributed by atoms with van der Waals surface area (Å²) in [7, 11) is -2.60. The molecule has 0 saturated heterocycles. The zero-order chi connectivity index (χ0) is 18.3. The fourth-order valence-corrected chi connectivity index (χ4v) is 3.53. The highest BCUT2D eigenvalue weighted by atomic mass is 32.2. The number of carbonyl (C=O) groups is 1. The molecule has 0 amide bonds. The molecule has 1 atom stereocenters. The van der Waals surface area contributed by atoms with Gasteiger partial charge in [-0.1, -0.05) is 67.3 Å². The topological polar surface area (TPSA) is 72.5 Å². The summed E-state index contributed by atoms with van der Waals surface area (Å²) in [5.74, 6) is -0.635. The quantitative estimate of drug-likeness (QED) is 0.470. The van der Waals surface area contributed by atoms with E-state index in [1.54, 1.807) is 48.5 Å². The molecule has 0 aliphatic rings. The highest BCUT2D eigenvalue weighted by Gasteiger charge is 2.28. The summed E-state index contributed by atoms with van der Waals surface area (Å²) in [4.78, 5) is 12.3. The number of benzene rings is 2. The van der Waals surface area contributed by atoms with Crippen molar-refractivity contribution < 1.29 is 17.9 Å². The lowest BCUT2D eigenvalue weighted by Crippen LogP contribution is -2.32. The zero-order valence-corrected chi connectivity index (χ0v) is 14.6. The Bertz CT molecular complexity index is 859. The van der Waals surface area contributed by atoms with Crippen LogP contribution in [0, 0.1) is 0 Å². The minimum Gasteiger partial charge on any atom is -0.466 e. The standard InChI is InChI=1S/C19H19NO4S/c1-3-10-17(19(21)24-2)18(15-11-6-4-7-12-15)20-25(22,23)16-13-8-5-9-14-16/h3-14,18,20H,1H2,2H3/b17-10-. The molecule has 25 heavy (non-hydrogen) atoms. The molecule has 2 rings (SSSR count). The third-order valence-electron chi connectivity index (χ3n) is 3.49. The minimum atomic E-state index is -3.85. The van der Waals surface area contributed by atoms with Gasteiger partial charge >= 0.3 is 5.97 Å². The number of allylic oxidation sites excluding steroid dienone is 2. The summed E-state index contributed by atoms with van der Waals surface area (Å²) >= 11 is 0. The van der Waals surface area contributed by atoms with Crippen molar-refractivity contribution in [1.29, 1.82) is 0 Å². The van der Waals surface area contributed by atoms with E-state index in [1.807, 2.05) is 0 Å². The molecule has 2 aromatic carbocycles. The Morgan fingerprint density at radius 2 is 1.64 bits per heavy atom. The summed E-state index contributed by atoms with van der Waals surface area (Å²) in [6.07, 6.45) is 2.86. The first-order valence-electron chi connectivity index (χ1n) is 7.53. The van der Waals surface area contributed by atoms with Crippen molar-refractivity contribution in [2.75, 3.05) is 7.11 Å². The van der Waals surface area contributed by atoms with E-state index in [9.17, 15) is 13.2 Å². The third kappa shape index (κ3) is 4.65. The molecule has 130 valence electrons. The van der Waals surface area contributed by atoms with Gasteiger partial charge in [0.15, 0.2) is 0 Å². The van der Waals surface area contributed by atoms with Gasteiger partial charge in [0.2, 0.25) is 10.0 Å². The van der Waals surface area contributed by atoms with Crippen molar-refractivity contribution in [2.24, 2.45) is 0 Å². The number of rotatable bonds is 7. The van der Waals surface area contributed by atoms with Crippen LogP contribution in [0.15, 0.2) is 89.9 Å². The number of hydrogen-bond donors (Lipinski definition) is 1. The number of nitrogens with one attached hydrogen (secondary N) is 1. The van der Waals surface area contributed by atoms with Gasteiger partial charge in [0.1, 0.15) is 0 Å². The summed E-state index contributed by atoms with van der Waals surface area (Å²) < 4.78 is 32.8. The largest absolute Gasteiger partial charge is 0.466 e. The van der Waals surface area contributed by atoms with Crippen molar-refractivity contribution in [3.8, 4) is 0 Å². The molecule has 0 radical (unpaired) electrons. The highest BCUT2D eigenvalue weighted by molar-refractivity contribution is 7.89. The average Bonchev–Trinajstić information content (AvgIpc) is 2.65. The van der Waals surface area contributed by atoms with E-state index in [1.165, 1.54) is 31.4 Å². The van der Waals surface area contributed by atoms with Crippen molar-refractivity contribution >= 4 is 16.0 Å². The maximum Gasteiger partial charge on any atom is 0.335 e. The molecule has 0 spiro atoms. The van der Waals surface area contributed by atoms with Crippen LogP contribution in [0.2, 0.25) is 0 Å². The molecular formula is C19H19NO4S. The molecular weight excluding hydrogens is 338 g/mol. The normalized spacial score (nSPS) is 13.1. The van der Waals surface area contributed by atoms with Crippen LogP contribution in [-0.4, -0.2) is 21.5 Å². The molecule has 0 fully saturated rings. The van der Waals surface area contributed by atoms with Crippen LogP contribution in [0.5, 0.6) is 0 Å². The van der Waals surface area contributed by atoms with Gasteiger partial charge in [-0.15, -0.1) is 0 Å². The van der Waals surface area contributed by atoms with Gasteiger partial charge in [0, 0.05) is 0 Å². The van der Waals surface area contributed by atoms with Crippen LogP contribution in [0.3, 0.4) is 0 Å². The van der Waals surface area contributed by atoms with Gasteiger partial charge in [0.05, 0.1) is 23.6 Å². The van der Waals surface area contributed by atoms with Crippen molar-refractivity contribution in [3.05, 3.63) is 90.5 Å². The summed E-state index contributed by atoms with van der Waals surface area (Å²) in [6, 6.07) is 15.9. The van der Waals surface area contributed by atoms with Gasteiger partial charge in [-0.2, -0.15) is 4.72 Å². The Balaban J connectivity index is 2.51. The van der Waals surface area contributed by atoms with Crippen molar-refractivity contribution in [1.82, 2.24) is 4.72 Å². The fourth-order valence-electron chi connectivity index (χ4n) is 2.31. The molecule has 6 heteroatoms. The van der Waals surface area contributed by atoms with E-state index in [0.717, 1.165) is 0 Å².